The number of benzene rings is 1. The molecule has 0 radical (unpaired) electrons. The molecule has 1 saturated heterocycles. The van der Waals surface area contributed by atoms with Crippen LogP contribution < -0.4 is 0 Å². The molecule has 172 valence electrons. The molecule has 0 aliphatic carbocycles. The summed E-state index contributed by atoms with van der Waals surface area (Å²) in [4.78, 5) is 41.0. The summed E-state index contributed by atoms with van der Waals surface area (Å²) in [5.74, 6) is -1.04. The van der Waals surface area contributed by atoms with Gasteiger partial charge in [-0.15, -0.1) is 0 Å². The summed E-state index contributed by atoms with van der Waals surface area (Å²) in [6.45, 7) is 4.87. The minimum Gasteiger partial charge on any atom is -0.466 e. The second kappa shape index (κ2) is 10.6. The first-order chi connectivity index (χ1) is 15.3. The van der Waals surface area contributed by atoms with Crippen molar-refractivity contribution >= 4 is 29.4 Å². The number of ether oxygens (including phenoxy) is 1. The fraction of sp³-hybridized carbons (Fsp3) is 0.478. The summed E-state index contributed by atoms with van der Waals surface area (Å²) in [6, 6.07) is 7.26. The Morgan fingerprint density at radius 3 is 2.75 bits per heavy atom. The van der Waals surface area contributed by atoms with Gasteiger partial charge in [0.2, 0.25) is 5.91 Å². The molecule has 3 rings (SSSR count). The minimum absolute atomic E-state index is 0.0696. The van der Waals surface area contributed by atoms with E-state index < -0.39 is 0 Å². The van der Waals surface area contributed by atoms with Crippen LogP contribution in [0, 0.1) is 5.92 Å². The molecule has 2 aromatic rings. The van der Waals surface area contributed by atoms with E-state index in [9.17, 15) is 14.4 Å². The number of carbonyl (C=O) groups is 3. The third-order valence-corrected chi connectivity index (χ3v) is 5.84. The Kier molecular flexibility index (Phi) is 7.90. The first-order valence-electron chi connectivity index (χ1n) is 10.9. The number of hydrogen-bond acceptors (Lipinski definition) is 5. The first-order valence-corrected chi connectivity index (χ1v) is 11.3. The third-order valence-electron chi connectivity index (χ3n) is 5.60. The molecule has 1 fully saturated rings. The predicted molar refractivity (Wildman–Crippen MR) is 121 cm³/mol. The van der Waals surface area contributed by atoms with E-state index in [0.717, 1.165) is 17.8 Å². The zero-order valence-corrected chi connectivity index (χ0v) is 19.5. The van der Waals surface area contributed by atoms with Crippen LogP contribution in [0.1, 0.15) is 42.7 Å². The van der Waals surface area contributed by atoms with Crippen LogP contribution in [0.2, 0.25) is 5.02 Å². The topological polar surface area (TPSA) is 84.7 Å². The Balaban J connectivity index is 1.69. The van der Waals surface area contributed by atoms with Crippen molar-refractivity contribution in [2.75, 3.05) is 33.3 Å². The summed E-state index contributed by atoms with van der Waals surface area (Å²) < 4.78 is 6.80. The molecule has 32 heavy (non-hydrogen) atoms. The van der Waals surface area contributed by atoms with E-state index in [1.165, 1.54) is 11.1 Å². The molecular weight excluding hydrogens is 432 g/mol. The smallest absolute Gasteiger partial charge is 0.310 e. The number of rotatable bonds is 7. The zero-order chi connectivity index (χ0) is 23.3. The lowest BCUT2D eigenvalue weighted by atomic mass is 9.98. The van der Waals surface area contributed by atoms with Gasteiger partial charge in [-0.25, -0.2) is 4.68 Å². The van der Waals surface area contributed by atoms with Gasteiger partial charge < -0.3 is 14.5 Å². The van der Waals surface area contributed by atoms with Crippen molar-refractivity contribution in [3.05, 3.63) is 46.7 Å². The lowest BCUT2D eigenvalue weighted by Gasteiger charge is -2.32. The molecule has 1 aromatic carbocycles. The lowest BCUT2D eigenvalue weighted by Crippen LogP contribution is -2.47. The Hall–Kier alpha value is -2.87. The first kappa shape index (κ1) is 23.8. The molecule has 0 spiro atoms. The number of nitrogens with zero attached hydrogens (tertiary/aromatic N) is 4. The van der Waals surface area contributed by atoms with Crippen LogP contribution in [0.4, 0.5) is 0 Å². The van der Waals surface area contributed by atoms with Gasteiger partial charge in [0.1, 0.15) is 0 Å². The molecule has 0 N–H and O–H groups in total. The molecule has 1 aromatic heterocycles. The molecule has 1 aliphatic heterocycles. The Morgan fingerprint density at radius 1 is 1.28 bits per heavy atom. The van der Waals surface area contributed by atoms with Gasteiger partial charge in [0.25, 0.3) is 5.91 Å². The van der Waals surface area contributed by atoms with Crippen LogP contribution in [0.15, 0.2) is 30.5 Å². The third kappa shape index (κ3) is 5.30. The maximum absolute atomic E-state index is 13.1. The average molecular weight is 461 g/mol. The number of likely N-dealkylation sites (N-methyl/N-ethyl adjacent to an activating group) is 1. The molecule has 1 atom stereocenters. The van der Waals surface area contributed by atoms with E-state index in [-0.39, 0.29) is 30.2 Å². The number of piperidine rings is 1. The Labute approximate surface area is 193 Å². The van der Waals surface area contributed by atoms with E-state index in [1.54, 1.807) is 35.7 Å². The van der Waals surface area contributed by atoms with Gasteiger partial charge in [-0.2, -0.15) is 5.10 Å². The molecule has 0 saturated carbocycles. The van der Waals surface area contributed by atoms with Gasteiger partial charge in [-0.05, 0) is 44.4 Å². The van der Waals surface area contributed by atoms with Crippen LogP contribution in [-0.2, 0) is 20.7 Å². The van der Waals surface area contributed by atoms with Gasteiger partial charge in [-0.3, -0.25) is 14.4 Å². The second-order valence-corrected chi connectivity index (χ2v) is 8.28. The van der Waals surface area contributed by atoms with E-state index in [1.807, 2.05) is 19.1 Å². The summed E-state index contributed by atoms with van der Waals surface area (Å²) >= 11 is 6.10. The standard InChI is InChI=1S/C23H29ClN4O4/c1-4-20-19(13-25-28(20)18-10-6-9-17(24)12-18)22(30)26(3)15-21(29)27-11-7-8-16(14-27)23(31)32-5-2/h6,9-10,12-13,16H,4-5,7-8,11,14-15H2,1-3H3. The number of amides is 2. The van der Waals surface area contributed by atoms with E-state index in [2.05, 4.69) is 5.10 Å². The van der Waals surface area contributed by atoms with Crippen LogP contribution >= 0.6 is 11.6 Å². The number of hydrogen-bond donors (Lipinski definition) is 0. The van der Waals surface area contributed by atoms with Crippen LogP contribution in [0.3, 0.4) is 0 Å². The highest BCUT2D eigenvalue weighted by molar-refractivity contribution is 6.30. The maximum Gasteiger partial charge on any atom is 0.310 e. The van der Waals surface area contributed by atoms with Crippen molar-refractivity contribution < 1.29 is 19.1 Å². The van der Waals surface area contributed by atoms with E-state index in [0.29, 0.717) is 43.1 Å². The average Bonchev–Trinajstić information content (AvgIpc) is 3.22. The van der Waals surface area contributed by atoms with Gasteiger partial charge in [0.15, 0.2) is 0 Å². The van der Waals surface area contributed by atoms with Crippen LogP contribution in [0.25, 0.3) is 5.69 Å². The summed E-state index contributed by atoms with van der Waals surface area (Å²) in [7, 11) is 1.60. The van der Waals surface area contributed by atoms with Gasteiger partial charge in [0.05, 0.1) is 42.2 Å². The second-order valence-electron chi connectivity index (χ2n) is 7.84. The van der Waals surface area contributed by atoms with Crippen LogP contribution in [0.5, 0.6) is 0 Å². The fourth-order valence-corrected chi connectivity index (χ4v) is 4.14. The van der Waals surface area contributed by atoms with Crippen molar-refractivity contribution in [3.8, 4) is 5.69 Å². The van der Waals surface area contributed by atoms with Crippen molar-refractivity contribution in [3.63, 3.8) is 0 Å². The Morgan fingerprint density at radius 2 is 2.06 bits per heavy atom. The van der Waals surface area contributed by atoms with Crippen molar-refractivity contribution in [2.45, 2.75) is 33.1 Å². The molecule has 2 amide bonds. The SMILES string of the molecule is CCOC(=O)C1CCCN(C(=O)CN(C)C(=O)c2cnn(-c3cccc(Cl)c3)c2CC)C1. The Bertz CT molecular complexity index is 990. The quantitative estimate of drug-likeness (QED) is 0.593. The fourth-order valence-electron chi connectivity index (χ4n) is 3.96. The predicted octanol–water partition coefficient (Wildman–Crippen LogP) is 2.96. The minimum atomic E-state index is -0.309. The van der Waals surface area contributed by atoms with E-state index in [4.69, 9.17) is 16.3 Å². The van der Waals surface area contributed by atoms with Crippen molar-refractivity contribution in [1.82, 2.24) is 19.6 Å². The highest BCUT2D eigenvalue weighted by atomic mass is 35.5. The summed E-state index contributed by atoms with van der Waals surface area (Å²) in [6.07, 6.45) is 3.56. The number of halogens is 1. The number of carbonyl (C=O) groups excluding carboxylic acids is 3. The van der Waals surface area contributed by atoms with Gasteiger partial charge >= 0.3 is 5.97 Å². The molecule has 1 aliphatic rings. The molecule has 1 unspecified atom stereocenters. The zero-order valence-electron chi connectivity index (χ0n) is 18.7. The van der Waals surface area contributed by atoms with Gasteiger partial charge in [-0.1, -0.05) is 24.6 Å². The number of likely N-dealkylation sites (tertiary alicyclic amines) is 1. The monoisotopic (exact) mass is 460 g/mol. The lowest BCUT2D eigenvalue weighted by molar-refractivity contribution is -0.151. The highest BCUT2D eigenvalue weighted by Crippen LogP contribution is 2.21. The van der Waals surface area contributed by atoms with Crippen molar-refractivity contribution in [2.24, 2.45) is 5.92 Å². The summed E-state index contributed by atoms with van der Waals surface area (Å²) in [5.41, 5.74) is 1.97. The van der Waals surface area contributed by atoms with Crippen molar-refractivity contribution in [1.29, 1.82) is 0 Å². The maximum atomic E-state index is 13.1. The highest BCUT2D eigenvalue weighted by Gasteiger charge is 2.30. The molecular formula is C23H29ClN4O4. The number of esters is 1. The molecule has 9 heteroatoms. The normalized spacial score (nSPS) is 16.0. The largest absolute Gasteiger partial charge is 0.466 e. The van der Waals surface area contributed by atoms with E-state index >= 15 is 0 Å². The molecule has 0 bridgehead atoms. The molecule has 2 heterocycles. The number of aromatic nitrogens is 2. The summed E-state index contributed by atoms with van der Waals surface area (Å²) in [5, 5.41) is 4.96. The van der Waals surface area contributed by atoms with Gasteiger partial charge in [0, 0.05) is 25.2 Å². The van der Waals surface area contributed by atoms with Crippen LogP contribution in [-0.4, -0.2) is 70.7 Å². The molecule has 8 nitrogen and oxygen atoms in total.